The minimum absolute atomic E-state index is 0.168. The molecule has 0 aliphatic carbocycles. The number of hydrogen-bond acceptors (Lipinski definition) is 2. The number of nitrogens with one attached hydrogen (secondary N) is 1. The van der Waals surface area contributed by atoms with Crippen LogP contribution in [0.4, 0.5) is 0 Å². The molecule has 0 aliphatic rings. The summed E-state index contributed by atoms with van der Waals surface area (Å²) in [5.41, 5.74) is 3.03. The normalized spacial score (nSPS) is 13.4. The van der Waals surface area contributed by atoms with Crippen molar-refractivity contribution < 1.29 is 0 Å². The van der Waals surface area contributed by atoms with Gasteiger partial charge in [-0.3, -0.25) is 0 Å². The number of rotatable bonds is 5. The summed E-state index contributed by atoms with van der Waals surface area (Å²) in [6.45, 7) is 7.68. The molecule has 2 heteroatoms. The number of hydrogen-bond donors (Lipinski definition) is 1. The zero-order valence-corrected chi connectivity index (χ0v) is 12.8. The molecule has 2 rings (SSSR count). The van der Waals surface area contributed by atoms with Gasteiger partial charge in [-0.25, -0.2) is 0 Å². The van der Waals surface area contributed by atoms with Crippen LogP contribution in [0, 0.1) is 0 Å². The largest absolute Gasteiger partial charge is 0.311 e. The molecule has 1 atom stereocenters. The summed E-state index contributed by atoms with van der Waals surface area (Å²) >= 11 is 1.78. The van der Waals surface area contributed by atoms with Crippen LogP contribution in [-0.2, 0) is 6.42 Å². The Kier molecular flexibility index (Phi) is 4.78. The average molecular weight is 273 g/mol. The van der Waals surface area contributed by atoms with E-state index in [4.69, 9.17) is 0 Å². The van der Waals surface area contributed by atoms with Crippen LogP contribution in [0.25, 0.3) is 0 Å². The van der Waals surface area contributed by atoms with Crippen LogP contribution in [0.3, 0.4) is 0 Å². The summed E-state index contributed by atoms with van der Waals surface area (Å²) in [6.07, 6.45) is 1.11. The van der Waals surface area contributed by atoms with Crippen LogP contribution in [0.5, 0.6) is 0 Å². The van der Waals surface area contributed by atoms with Gasteiger partial charge in [-0.1, -0.05) is 30.3 Å². The molecule has 102 valence electrons. The van der Waals surface area contributed by atoms with Crippen LogP contribution < -0.4 is 5.32 Å². The summed E-state index contributed by atoms with van der Waals surface area (Å²) < 4.78 is 0. The maximum absolute atomic E-state index is 3.64. The van der Waals surface area contributed by atoms with Gasteiger partial charge >= 0.3 is 0 Å². The molecular formula is C17H23NS. The van der Waals surface area contributed by atoms with E-state index in [1.807, 2.05) is 0 Å². The first kappa shape index (κ1) is 14.3. The Labute approximate surface area is 120 Å². The second-order valence-corrected chi connectivity index (χ2v) is 6.85. The van der Waals surface area contributed by atoms with E-state index >= 15 is 0 Å². The SMILES string of the molecule is CC(C)(C)NCC(Cc1ccsc1)c1ccccc1. The third kappa shape index (κ3) is 4.81. The Bertz CT molecular complexity index is 468. The molecule has 1 unspecified atom stereocenters. The van der Waals surface area contributed by atoms with Crippen molar-refractivity contribution in [3.8, 4) is 0 Å². The Morgan fingerprint density at radius 2 is 1.84 bits per heavy atom. The van der Waals surface area contributed by atoms with Gasteiger partial charge in [0.2, 0.25) is 0 Å². The van der Waals surface area contributed by atoms with Gasteiger partial charge in [-0.05, 0) is 55.1 Å². The number of thiophene rings is 1. The molecule has 0 aliphatic heterocycles. The number of benzene rings is 1. The van der Waals surface area contributed by atoms with Gasteiger partial charge in [0, 0.05) is 18.0 Å². The van der Waals surface area contributed by atoms with Gasteiger partial charge in [0.15, 0.2) is 0 Å². The quantitative estimate of drug-likeness (QED) is 0.848. The standard InChI is InChI=1S/C17H23NS/c1-17(2,3)18-12-16(11-14-9-10-19-13-14)15-7-5-4-6-8-15/h4-10,13,16,18H,11-12H2,1-3H3. The summed E-state index contributed by atoms with van der Waals surface area (Å²) in [5, 5.41) is 8.05. The highest BCUT2D eigenvalue weighted by molar-refractivity contribution is 7.07. The minimum Gasteiger partial charge on any atom is -0.311 e. The Hall–Kier alpha value is -1.12. The molecule has 19 heavy (non-hydrogen) atoms. The third-order valence-corrected chi connectivity index (χ3v) is 3.94. The zero-order chi connectivity index (χ0) is 13.7. The molecule has 1 nitrogen and oxygen atoms in total. The van der Waals surface area contributed by atoms with Gasteiger partial charge in [-0.2, -0.15) is 11.3 Å². The molecule has 1 N–H and O–H groups in total. The highest BCUT2D eigenvalue weighted by Gasteiger charge is 2.16. The Morgan fingerprint density at radius 3 is 2.42 bits per heavy atom. The van der Waals surface area contributed by atoms with E-state index in [-0.39, 0.29) is 5.54 Å². The van der Waals surface area contributed by atoms with Crippen molar-refractivity contribution in [2.24, 2.45) is 0 Å². The molecular weight excluding hydrogens is 250 g/mol. The van der Waals surface area contributed by atoms with Gasteiger partial charge in [0.1, 0.15) is 0 Å². The van der Waals surface area contributed by atoms with Crippen molar-refractivity contribution >= 4 is 11.3 Å². The lowest BCUT2D eigenvalue weighted by Gasteiger charge is -2.25. The highest BCUT2D eigenvalue weighted by atomic mass is 32.1. The molecule has 0 fully saturated rings. The fraction of sp³-hybridized carbons (Fsp3) is 0.412. The summed E-state index contributed by atoms with van der Waals surface area (Å²) in [4.78, 5) is 0. The minimum atomic E-state index is 0.168. The molecule has 0 spiro atoms. The van der Waals surface area contributed by atoms with Gasteiger partial charge in [-0.15, -0.1) is 0 Å². The first-order valence-corrected chi connectivity index (χ1v) is 7.80. The molecule has 0 amide bonds. The molecule has 0 radical (unpaired) electrons. The van der Waals surface area contributed by atoms with E-state index in [2.05, 4.69) is 73.2 Å². The summed E-state index contributed by atoms with van der Waals surface area (Å²) in [6, 6.07) is 13.1. The van der Waals surface area contributed by atoms with Gasteiger partial charge in [0.05, 0.1) is 0 Å². The fourth-order valence-corrected chi connectivity index (χ4v) is 2.84. The lowest BCUT2D eigenvalue weighted by atomic mass is 9.92. The van der Waals surface area contributed by atoms with Crippen molar-refractivity contribution in [3.63, 3.8) is 0 Å². The second kappa shape index (κ2) is 6.36. The van der Waals surface area contributed by atoms with Gasteiger partial charge in [0.25, 0.3) is 0 Å². The van der Waals surface area contributed by atoms with E-state index in [1.165, 1.54) is 11.1 Å². The lowest BCUT2D eigenvalue weighted by Crippen LogP contribution is -2.39. The summed E-state index contributed by atoms with van der Waals surface area (Å²) in [5.74, 6) is 0.537. The molecule has 0 bridgehead atoms. The smallest absolute Gasteiger partial charge is 0.00967 e. The second-order valence-electron chi connectivity index (χ2n) is 6.07. The van der Waals surface area contributed by atoms with Crippen molar-refractivity contribution in [2.75, 3.05) is 6.54 Å². The van der Waals surface area contributed by atoms with Crippen LogP contribution in [0.15, 0.2) is 47.2 Å². The molecule has 1 aromatic heterocycles. The molecule has 1 aromatic carbocycles. The Morgan fingerprint density at radius 1 is 1.11 bits per heavy atom. The van der Waals surface area contributed by atoms with Crippen LogP contribution in [0.2, 0.25) is 0 Å². The maximum atomic E-state index is 3.64. The predicted molar refractivity (Wildman–Crippen MR) is 85.0 cm³/mol. The topological polar surface area (TPSA) is 12.0 Å². The molecule has 2 aromatic rings. The maximum Gasteiger partial charge on any atom is 0.00967 e. The van der Waals surface area contributed by atoms with Crippen molar-refractivity contribution in [3.05, 3.63) is 58.3 Å². The first-order chi connectivity index (χ1) is 9.04. The third-order valence-electron chi connectivity index (χ3n) is 3.21. The lowest BCUT2D eigenvalue weighted by molar-refractivity contribution is 0.405. The van der Waals surface area contributed by atoms with E-state index < -0.39 is 0 Å². The van der Waals surface area contributed by atoms with Crippen LogP contribution >= 0.6 is 11.3 Å². The highest BCUT2D eigenvalue weighted by Crippen LogP contribution is 2.22. The van der Waals surface area contributed by atoms with E-state index in [9.17, 15) is 0 Å². The van der Waals surface area contributed by atoms with Gasteiger partial charge < -0.3 is 5.32 Å². The van der Waals surface area contributed by atoms with Crippen LogP contribution in [-0.4, -0.2) is 12.1 Å². The molecule has 0 saturated carbocycles. The summed E-state index contributed by atoms with van der Waals surface area (Å²) in [7, 11) is 0. The monoisotopic (exact) mass is 273 g/mol. The fourth-order valence-electron chi connectivity index (χ4n) is 2.16. The van der Waals surface area contributed by atoms with E-state index in [0.29, 0.717) is 5.92 Å². The van der Waals surface area contributed by atoms with Crippen molar-refractivity contribution in [1.82, 2.24) is 5.32 Å². The zero-order valence-electron chi connectivity index (χ0n) is 12.0. The van der Waals surface area contributed by atoms with Crippen molar-refractivity contribution in [2.45, 2.75) is 38.6 Å². The van der Waals surface area contributed by atoms with Crippen LogP contribution in [0.1, 0.15) is 37.8 Å². The first-order valence-electron chi connectivity index (χ1n) is 6.86. The molecule has 1 heterocycles. The Balaban J connectivity index is 2.09. The van der Waals surface area contributed by atoms with Crippen molar-refractivity contribution in [1.29, 1.82) is 0 Å². The predicted octanol–water partition coefficient (Wildman–Crippen LogP) is 4.46. The van der Waals surface area contributed by atoms with E-state index in [1.54, 1.807) is 11.3 Å². The van der Waals surface area contributed by atoms with E-state index in [0.717, 1.165) is 13.0 Å². The molecule has 0 saturated heterocycles. The average Bonchev–Trinajstić information content (AvgIpc) is 2.87.